The van der Waals surface area contributed by atoms with E-state index < -0.39 is 0 Å². The van der Waals surface area contributed by atoms with E-state index in [1.165, 1.54) is 0 Å². The third-order valence-corrected chi connectivity index (χ3v) is 4.68. The summed E-state index contributed by atoms with van der Waals surface area (Å²) in [5.41, 5.74) is 1.21. The molecule has 1 N–H and O–H groups in total. The highest BCUT2D eigenvalue weighted by Crippen LogP contribution is 2.41. The Bertz CT molecular complexity index is 521. The van der Waals surface area contributed by atoms with Crippen LogP contribution in [0, 0.1) is 17.3 Å². The number of carbonyl (C=O) groups is 1. The van der Waals surface area contributed by atoms with Crippen LogP contribution in [-0.2, 0) is 11.3 Å². The van der Waals surface area contributed by atoms with Crippen molar-refractivity contribution >= 4 is 5.78 Å². The second kappa shape index (κ2) is 7.19. The van der Waals surface area contributed by atoms with Gasteiger partial charge in [0.05, 0.1) is 0 Å². The number of allylic oxidation sites excluding steroid dienone is 2. The summed E-state index contributed by atoms with van der Waals surface area (Å²) in [6, 6.07) is 4.17. The summed E-state index contributed by atoms with van der Waals surface area (Å²) in [5.74, 6) is 0.843. The lowest BCUT2D eigenvalue weighted by Gasteiger charge is -2.39. The summed E-state index contributed by atoms with van der Waals surface area (Å²) in [7, 11) is 0. The molecule has 0 aliphatic heterocycles. The van der Waals surface area contributed by atoms with Gasteiger partial charge >= 0.3 is 0 Å². The van der Waals surface area contributed by atoms with E-state index in [0.717, 1.165) is 18.5 Å². The number of nitrogens with one attached hydrogen (secondary N) is 1. The van der Waals surface area contributed by atoms with E-state index in [0.29, 0.717) is 18.1 Å². The Morgan fingerprint density at radius 1 is 1.50 bits per heavy atom. The standard InChI is InChI=1S/C19H28N2O/c1-14-7-5-9-19(3,4)18(14)17(22)11-15(2)21-13-16-8-6-10-20-12-16/h5-8,10,12,14-15,18,21H,9,11,13H2,1-4H3/t14-,15+,18-/m0/s1. The van der Waals surface area contributed by atoms with E-state index in [4.69, 9.17) is 0 Å². The fourth-order valence-electron chi connectivity index (χ4n) is 3.56. The molecule has 0 spiro atoms. The number of ketones is 1. The van der Waals surface area contributed by atoms with Gasteiger partial charge in [0.15, 0.2) is 0 Å². The van der Waals surface area contributed by atoms with E-state index in [-0.39, 0.29) is 17.4 Å². The van der Waals surface area contributed by atoms with Gasteiger partial charge in [0.1, 0.15) is 5.78 Å². The first-order valence-corrected chi connectivity index (χ1v) is 8.22. The maximum atomic E-state index is 12.8. The lowest BCUT2D eigenvalue weighted by molar-refractivity contribution is -0.128. The number of Topliss-reactive ketones (excluding diaryl/α,β-unsaturated/α-hetero) is 1. The lowest BCUT2D eigenvalue weighted by atomic mass is 9.65. The Kier molecular flexibility index (Phi) is 5.52. The summed E-state index contributed by atoms with van der Waals surface area (Å²) >= 11 is 0. The van der Waals surface area contributed by atoms with Gasteiger partial charge in [0.25, 0.3) is 0 Å². The fourth-order valence-corrected chi connectivity index (χ4v) is 3.56. The molecule has 1 aromatic rings. The monoisotopic (exact) mass is 300 g/mol. The third-order valence-electron chi connectivity index (χ3n) is 4.68. The zero-order valence-electron chi connectivity index (χ0n) is 14.2. The number of hydrogen-bond acceptors (Lipinski definition) is 3. The van der Waals surface area contributed by atoms with Gasteiger partial charge in [-0.25, -0.2) is 0 Å². The molecule has 3 heteroatoms. The van der Waals surface area contributed by atoms with Crippen molar-refractivity contribution in [3.8, 4) is 0 Å². The summed E-state index contributed by atoms with van der Waals surface area (Å²) in [4.78, 5) is 16.9. The Morgan fingerprint density at radius 2 is 2.27 bits per heavy atom. The molecule has 22 heavy (non-hydrogen) atoms. The van der Waals surface area contributed by atoms with Gasteiger partial charge in [-0.3, -0.25) is 9.78 Å². The van der Waals surface area contributed by atoms with Crippen molar-refractivity contribution in [3.05, 3.63) is 42.2 Å². The molecule has 0 saturated carbocycles. The van der Waals surface area contributed by atoms with Crippen LogP contribution in [0.25, 0.3) is 0 Å². The van der Waals surface area contributed by atoms with Gasteiger partial charge < -0.3 is 5.32 Å². The Balaban J connectivity index is 1.89. The number of rotatable bonds is 6. The van der Waals surface area contributed by atoms with E-state index in [2.05, 4.69) is 50.1 Å². The van der Waals surface area contributed by atoms with Crippen LogP contribution in [0.1, 0.15) is 46.1 Å². The van der Waals surface area contributed by atoms with Gasteiger partial charge in [0, 0.05) is 37.3 Å². The fraction of sp³-hybridized carbons (Fsp3) is 0.579. The van der Waals surface area contributed by atoms with Crippen LogP contribution in [0.5, 0.6) is 0 Å². The summed E-state index contributed by atoms with van der Waals surface area (Å²) < 4.78 is 0. The van der Waals surface area contributed by atoms with Crippen LogP contribution in [0.4, 0.5) is 0 Å². The van der Waals surface area contributed by atoms with E-state index >= 15 is 0 Å². The second-order valence-corrected chi connectivity index (χ2v) is 7.27. The van der Waals surface area contributed by atoms with Gasteiger partial charge in [-0.2, -0.15) is 0 Å². The summed E-state index contributed by atoms with van der Waals surface area (Å²) in [5, 5.41) is 3.43. The smallest absolute Gasteiger partial charge is 0.138 e. The molecule has 0 saturated heterocycles. The molecular formula is C19H28N2O. The quantitative estimate of drug-likeness (QED) is 0.813. The zero-order chi connectivity index (χ0) is 16.2. The summed E-state index contributed by atoms with van der Waals surface area (Å²) in [6.07, 6.45) is 9.63. The molecule has 1 heterocycles. The van der Waals surface area contributed by atoms with Crippen molar-refractivity contribution in [1.82, 2.24) is 10.3 Å². The topological polar surface area (TPSA) is 42.0 Å². The highest BCUT2D eigenvalue weighted by molar-refractivity contribution is 5.83. The van der Waals surface area contributed by atoms with Crippen LogP contribution >= 0.6 is 0 Å². The largest absolute Gasteiger partial charge is 0.310 e. The molecule has 0 amide bonds. The van der Waals surface area contributed by atoms with E-state index in [1.807, 2.05) is 18.3 Å². The highest BCUT2D eigenvalue weighted by Gasteiger charge is 2.39. The minimum absolute atomic E-state index is 0.0638. The van der Waals surface area contributed by atoms with Crippen molar-refractivity contribution in [1.29, 1.82) is 0 Å². The minimum atomic E-state index is 0.0638. The molecule has 2 rings (SSSR count). The van der Waals surface area contributed by atoms with Crippen LogP contribution in [0.2, 0.25) is 0 Å². The lowest BCUT2D eigenvalue weighted by Crippen LogP contribution is -2.40. The van der Waals surface area contributed by atoms with Crippen LogP contribution in [-0.4, -0.2) is 16.8 Å². The van der Waals surface area contributed by atoms with Crippen LogP contribution in [0.15, 0.2) is 36.7 Å². The first-order chi connectivity index (χ1) is 10.4. The molecular weight excluding hydrogens is 272 g/mol. The normalized spacial score (nSPS) is 24.9. The van der Waals surface area contributed by atoms with Crippen molar-refractivity contribution in [2.75, 3.05) is 0 Å². The van der Waals surface area contributed by atoms with Crippen molar-refractivity contribution in [2.24, 2.45) is 17.3 Å². The SMILES string of the molecule is C[C@H](CC(=O)[C@@H]1[C@@H](C)C=CCC1(C)C)NCc1cccnc1. The molecule has 120 valence electrons. The molecule has 0 aromatic carbocycles. The average Bonchev–Trinajstić information content (AvgIpc) is 2.45. The highest BCUT2D eigenvalue weighted by atomic mass is 16.1. The zero-order valence-corrected chi connectivity index (χ0v) is 14.2. The minimum Gasteiger partial charge on any atom is -0.310 e. The first kappa shape index (κ1) is 16.9. The molecule has 0 unspecified atom stereocenters. The Hall–Kier alpha value is -1.48. The van der Waals surface area contributed by atoms with Crippen molar-refractivity contribution in [2.45, 2.75) is 53.1 Å². The van der Waals surface area contributed by atoms with Gasteiger partial charge in [-0.15, -0.1) is 0 Å². The maximum absolute atomic E-state index is 12.8. The van der Waals surface area contributed by atoms with Gasteiger partial charge in [-0.05, 0) is 36.3 Å². The predicted octanol–water partition coefficient (Wildman–Crippen LogP) is 3.76. The number of aromatic nitrogens is 1. The predicted molar refractivity (Wildman–Crippen MR) is 90.4 cm³/mol. The first-order valence-electron chi connectivity index (χ1n) is 8.22. The molecule has 3 nitrogen and oxygen atoms in total. The maximum Gasteiger partial charge on any atom is 0.138 e. The van der Waals surface area contributed by atoms with E-state index in [1.54, 1.807) is 6.20 Å². The second-order valence-electron chi connectivity index (χ2n) is 7.27. The molecule has 0 radical (unpaired) electrons. The average molecular weight is 300 g/mol. The molecule has 1 aromatic heterocycles. The number of pyridine rings is 1. The molecule has 3 atom stereocenters. The molecule has 0 fully saturated rings. The molecule has 1 aliphatic carbocycles. The van der Waals surface area contributed by atoms with Crippen LogP contribution < -0.4 is 5.32 Å². The van der Waals surface area contributed by atoms with Gasteiger partial charge in [-0.1, -0.05) is 39.0 Å². The number of hydrogen-bond donors (Lipinski definition) is 1. The Labute approximate surface area is 134 Å². The molecule has 0 bridgehead atoms. The van der Waals surface area contributed by atoms with Crippen LogP contribution in [0.3, 0.4) is 0 Å². The number of nitrogens with zero attached hydrogens (tertiary/aromatic N) is 1. The van der Waals surface area contributed by atoms with E-state index in [9.17, 15) is 4.79 Å². The van der Waals surface area contributed by atoms with Crippen molar-refractivity contribution < 1.29 is 4.79 Å². The van der Waals surface area contributed by atoms with Gasteiger partial charge in [0.2, 0.25) is 0 Å². The molecule has 1 aliphatic rings. The van der Waals surface area contributed by atoms with Crippen molar-refractivity contribution in [3.63, 3.8) is 0 Å². The third kappa shape index (κ3) is 4.26. The number of carbonyl (C=O) groups excluding carboxylic acids is 1. The summed E-state index contributed by atoms with van der Waals surface area (Å²) in [6.45, 7) is 9.43. The Morgan fingerprint density at radius 3 is 2.91 bits per heavy atom.